The first-order valence-electron chi connectivity index (χ1n) is 5.18. The van der Waals surface area contributed by atoms with E-state index in [1.807, 2.05) is 0 Å². The second-order valence-corrected chi connectivity index (χ2v) is 3.54. The number of amides is 1. The van der Waals surface area contributed by atoms with Gasteiger partial charge in [-0.2, -0.15) is 0 Å². The summed E-state index contributed by atoms with van der Waals surface area (Å²) in [6.45, 7) is 0. The molecule has 0 aliphatic carbocycles. The Hall–Kier alpha value is -2.47. The van der Waals surface area contributed by atoms with E-state index in [0.29, 0.717) is 17.1 Å². The van der Waals surface area contributed by atoms with Crippen LogP contribution >= 0.6 is 0 Å². The number of pyridine rings is 1. The maximum Gasteiger partial charge on any atom is 0.255 e. The number of rotatable bonds is 3. The first-order valence-corrected chi connectivity index (χ1v) is 5.18. The second-order valence-electron chi connectivity index (χ2n) is 3.54. The van der Waals surface area contributed by atoms with Gasteiger partial charge < -0.3 is 10.7 Å². The van der Waals surface area contributed by atoms with Gasteiger partial charge in [0.1, 0.15) is 11.6 Å². The summed E-state index contributed by atoms with van der Waals surface area (Å²) < 4.78 is 12.7. The molecule has 5 nitrogen and oxygen atoms in total. The molecule has 18 heavy (non-hydrogen) atoms. The van der Waals surface area contributed by atoms with Crippen molar-refractivity contribution in [3.63, 3.8) is 0 Å². The van der Waals surface area contributed by atoms with Crippen molar-refractivity contribution in [2.24, 2.45) is 5.84 Å². The molecule has 1 aromatic carbocycles. The van der Waals surface area contributed by atoms with Gasteiger partial charge in [-0.3, -0.25) is 4.79 Å². The van der Waals surface area contributed by atoms with Crippen LogP contribution in [0.3, 0.4) is 0 Å². The number of hydrogen-bond acceptors (Lipinski definition) is 4. The molecule has 0 atom stereocenters. The third-order valence-electron chi connectivity index (χ3n) is 2.27. The molecule has 4 N–H and O–H groups in total. The van der Waals surface area contributed by atoms with Crippen molar-refractivity contribution < 1.29 is 9.18 Å². The summed E-state index contributed by atoms with van der Waals surface area (Å²) in [7, 11) is 0. The summed E-state index contributed by atoms with van der Waals surface area (Å²) in [5.41, 5.74) is 3.27. The fourth-order valence-electron chi connectivity index (χ4n) is 1.39. The number of nitrogens with two attached hydrogens (primary N) is 1. The van der Waals surface area contributed by atoms with Crippen molar-refractivity contribution in [2.45, 2.75) is 0 Å². The highest BCUT2D eigenvalue weighted by Gasteiger charge is 2.07. The van der Waals surface area contributed by atoms with Crippen LogP contribution in [0, 0.1) is 5.82 Å². The van der Waals surface area contributed by atoms with Crippen LogP contribution in [0.5, 0.6) is 0 Å². The van der Waals surface area contributed by atoms with Gasteiger partial charge in [-0.1, -0.05) is 0 Å². The zero-order valence-electron chi connectivity index (χ0n) is 9.35. The van der Waals surface area contributed by atoms with Crippen LogP contribution in [-0.2, 0) is 0 Å². The highest BCUT2D eigenvalue weighted by molar-refractivity contribution is 6.04. The molecular weight excluding hydrogens is 235 g/mol. The minimum Gasteiger partial charge on any atom is -0.322 e. The van der Waals surface area contributed by atoms with Gasteiger partial charge in [0.25, 0.3) is 5.91 Å². The van der Waals surface area contributed by atoms with Crippen molar-refractivity contribution in [1.29, 1.82) is 0 Å². The number of nitrogens with zero attached hydrogens (tertiary/aromatic N) is 1. The van der Waals surface area contributed by atoms with Crippen LogP contribution in [0.2, 0.25) is 0 Å². The molecule has 0 bridgehead atoms. The smallest absolute Gasteiger partial charge is 0.255 e. The molecule has 92 valence electrons. The molecular formula is C12H11FN4O. The Balaban J connectivity index is 2.14. The monoisotopic (exact) mass is 246 g/mol. The summed E-state index contributed by atoms with van der Waals surface area (Å²) in [4.78, 5) is 15.8. The molecule has 0 unspecified atom stereocenters. The zero-order chi connectivity index (χ0) is 13.0. The molecule has 0 saturated heterocycles. The number of nitrogen functional groups attached to an aromatic ring is 1. The lowest BCUT2D eigenvalue weighted by Crippen LogP contribution is -2.14. The van der Waals surface area contributed by atoms with Gasteiger partial charge in [0.2, 0.25) is 0 Å². The maximum atomic E-state index is 12.7. The summed E-state index contributed by atoms with van der Waals surface area (Å²) in [5.74, 6) is 4.92. The Morgan fingerprint density at radius 2 is 1.94 bits per heavy atom. The number of hydrogen-bond donors (Lipinski definition) is 3. The first kappa shape index (κ1) is 12.0. The zero-order valence-corrected chi connectivity index (χ0v) is 9.35. The highest BCUT2D eigenvalue weighted by Crippen LogP contribution is 2.11. The summed E-state index contributed by atoms with van der Waals surface area (Å²) in [6.07, 6.45) is 1.47. The van der Waals surface area contributed by atoms with Gasteiger partial charge in [0, 0.05) is 17.4 Å². The molecule has 0 spiro atoms. The number of carbonyl (C=O) groups excluding carboxylic acids is 1. The molecule has 0 radical (unpaired) electrons. The molecule has 0 aliphatic rings. The second kappa shape index (κ2) is 5.24. The van der Waals surface area contributed by atoms with E-state index in [9.17, 15) is 9.18 Å². The van der Waals surface area contributed by atoms with Gasteiger partial charge in [-0.15, -0.1) is 0 Å². The first-order chi connectivity index (χ1) is 8.69. The average Bonchev–Trinajstić information content (AvgIpc) is 2.41. The number of hydrazine groups is 1. The van der Waals surface area contributed by atoms with Gasteiger partial charge in [-0.25, -0.2) is 15.2 Å². The topological polar surface area (TPSA) is 80.0 Å². The normalized spacial score (nSPS) is 9.89. The van der Waals surface area contributed by atoms with E-state index in [2.05, 4.69) is 15.7 Å². The van der Waals surface area contributed by atoms with Crippen LogP contribution in [0.1, 0.15) is 10.4 Å². The molecule has 1 aromatic heterocycles. The van der Waals surface area contributed by atoms with Crippen molar-refractivity contribution in [3.8, 4) is 0 Å². The van der Waals surface area contributed by atoms with Gasteiger partial charge in [0.15, 0.2) is 0 Å². The largest absolute Gasteiger partial charge is 0.322 e. The number of nitrogens with one attached hydrogen (secondary N) is 2. The van der Waals surface area contributed by atoms with Crippen molar-refractivity contribution in [2.75, 3.05) is 10.7 Å². The van der Waals surface area contributed by atoms with Gasteiger partial charge in [-0.05, 0) is 36.4 Å². The van der Waals surface area contributed by atoms with E-state index in [-0.39, 0.29) is 11.7 Å². The summed E-state index contributed by atoms with van der Waals surface area (Å²) >= 11 is 0. The van der Waals surface area contributed by atoms with Crippen LogP contribution < -0.4 is 16.6 Å². The van der Waals surface area contributed by atoms with E-state index < -0.39 is 0 Å². The quantitative estimate of drug-likeness (QED) is 0.569. The molecule has 2 rings (SSSR count). The predicted molar refractivity (Wildman–Crippen MR) is 66.4 cm³/mol. The average molecular weight is 246 g/mol. The third-order valence-corrected chi connectivity index (χ3v) is 2.27. The molecule has 2 aromatic rings. The van der Waals surface area contributed by atoms with Crippen LogP contribution in [-0.4, -0.2) is 10.9 Å². The SMILES string of the molecule is NNc1cc(C(=O)Nc2ccc(F)cc2)ccn1. The van der Waals surface area contributed by atoms with E-state index in [0.717, 1.165) is 0 Å². The minimum absolute atomic E-state index is 0.319. The number of halogens is 1. The lowest BCUT2D eigenvalue weighted by Gasteiger charge is -2.06. The number of benzene rings is 1. The minimum atomic E-state index is -0.355. The molecule has 0 saturated carbocycles. The van der Waals surface area contributed by atoms with Crippen molar-refractivity contribution in [3.05, 3.63) is 54.0 Å². The lowest BCUT2D eigenvalue weighted by atomic mass is 10.2. The Labute approximate surface area is 103 Å². The molecule has 0 aliphatic heterocycles. The lowest BCUT2D eigenvalue weighted by molar-refractivity contribution is 0.102. The van der Waals surface area contributed by atoms with Gasteiger partial charge >= 0.3 is 0 Å². The predicted octanol–water partition coefficient (Wildman–Crippen LogP) is 1.76. The molecule has 0 fully saturated rings. The number of carbonyl (C=O) groups is 1. The van der Waals surface area contributed by atoms with E-state index in [1.54, 1.807) is 6.07 Å². The van der Waals surface area contributed by atoms with Crippen LogP contribution in [0.4, 0.5) is 15.9 Å². The number of aromatic nitrogens is 1. The van der Waals surface area contributed by atoms with Crippen LogP contribution in [0.15, 0.2) is 42.6 Å². The maximum absolute atomic E-state index is 12.7. The fourth-order valence-corrected chi connectivity index (χ4v) is 1.39. The van der Waals surface area contributed by atoms with Gasteiger partial charge in [0.05, 0.1) is 0 Å². The summed E-state index contributed by atoms with van der Waals surface area (Å²) in [5, 5.41) is 2.63. The molecule has 6 heteroatoms. The molecule has 1 heterocycles. The van der Waals surface area contributed by atoms with Crippen molar-refractivity contribution >= 4 is 17.4 Å². The van der Waals surface area contributed by atoms with E-state index in [1.165, 1.54) is 36.5 Å². The van der Waals surface area contributed by atoms with Crippen molar-refractivity contribution in [1.82, 2.24) is 4.98 Å². The Morgan fingerprint density at radius 1 is 1.22 bits per heavy atom. The Kier molecular flexibility index (Phi) is 3.49. The third kappa shape index (κ3) is 2.80. The Bertz CT molecular complexity index is 556. The Morgan fingerprint density at radius 3 is 2.61 bits per heavy atom. The van der Waals surface area contributed by atoms with Crippen LogP contribution in [0.25, 0.3) is 0 Å². The van der Waals surface area contributed by atoms with E-state index >= 15 is 0 Å². The standard InChI is InChI=1S/C12H11FN4O/c13-9-1-3-10(4-2-9)16-12(18)8-5-6-15-11(7-8)17-14/h1-7H,14H2,(H,15,17)(H,16,18). The number of anilines is 2. The highest BCUT2D eigenvalue weighted by atomic mass is 19.1. The summed E-state index contributed by atoms with van der Waals surface area (Å²) in [6, 6.07) is 8.58. The van der Waals surface area contributed by atoms with E-state index in [4.69, 9.17) is 5.84 Å². The molecule has 1 amide bonds. The fraction of sp³-hybridized carbons (Fsp3) is 0.